The number of hydrogen-bond donors (Lipinski definition) is 0. The van der Waals surface area contributed by atoms with E-state index in [-0.39, 0.29) is 5.91 Å². The molecule has 0 spiro atoms. The second-order valence-corrected chi connectivity index (χ2v) is 8.16. The molecule has 31 heavy (non-hydrogen) atoms. The van der Waals surface area contributed by atoms with Gasteiger partial charge < -0.3 is 9.64 Å². The number of carbonyl (C=O) groups excluding carboxylic acids is 1. The molecule has 0 bridgehead atoms. The minimum atomic E-state index is 0.188. The van der Waals surface area contributed by atoms with Gasteiger partial charge in [0.1, 0.15) is 6.61 Å². The molecule has 0 N–H and O–H groups in total. The molecule has 1 saturated heterocycles. The quantitative estimate of drug-likeness (QED) is 0.567. The number of hydrogen-bond acceptors (Lipinski definition) is 4. The Morgan fingerprint density at radius 1 is 0.903 bits per heavy atom. The SMILES string of the molecule is CC(=O)N1CCC(c2ccc(CCc3ccc(OCc4ccccc4)nn3)cc2)CC1. The van der Waals surface area contributed by atoms with Crippen LogP contribution in [0.4, 0.5) is 0 Å². The van der Waals surface area contributed by atoms with E-state index < -0.39 is 0 Å². The van der Waals surface area contributed by atoms with E-state index in [4.69, 9.17) is 4.74 Å². The molecule has 1 fully saturated rings. The second kappa shape index (κ2) is 10.2. The van der Waals surface area contributed by atoms with Gasteiger partial charge in [-0.15, -0.1) is 5.10 Å². The molecule has 0 radical (unpaired) electrons. The molecule has 0 saturated carbocycles. The molecule has 160 valence electrons. The van der Waals surface area contributed by atoms with Crippen LogP contribution in [0.3, 0.4) is 0 Å². The van der Waals surface area contributed by atoms with E-state index in [9.17, 15) is 4.79 Å². The van der Waals surface area contributed by atoms with Gasteiger partial charge in [-0.2, -0.15) is 5.10 Å². The molecular formula is C26H29N3O2. The van der Waals surface area contributed by atoms with E-state index >= 15 is 0 Å². The van der Waals surface area contributed by atoms with Gasteiger partial charge in [-0.1, -0.05) is 54.6 Å². The largest absolute Gasteiger partial charge is 0.472 e. The van der Waals surface area contributed by atoms with Gasteiger partial charge in [-0.05, 0) is 54.4 Å². The van der Waals surface area contributed by atoms with Crippen LogP contribution in [0.25, 0.3) is 0 Å². The van der Waals surface area contributed by atoms with Gasteiger partial charge in [0, 0.05) is 26.1 Å². The van der Waals surface area contributed by atoms with E-state index in [1.54, 1.807) is 6.92 Å². The Labute approximate surface area is 184 Å². The summed E-state index contributed by atoms with van der Waals surface area (Å²) < 4.78 is 5.70. The fourth-order valence-electron chi connectivity index (χ4n) is 4.05. The van der Waals surface area contributed by atoms with Crippen LogP contribution in [0.15, 0.2) is 66.7 Å². The molecule has 2 aromatic carbocycles. The van der Waals surface area contributed by atoms with Crippen LogP contribution in [0, 0.1) is 0 Å². The van der Waals surface area contributed by atoms with Crippen molar-refractivity contribution >= 4 is 5.91 Å². The van der Waals surface area contributed by atoms with Gasteiger partial charge in [0.2, 0.25) is 11.8 Å². The first-order valence-corrected chi connectivity index (χ1v) is 11.0. The number of rotatable bonds is 7. The number of nitrogens with zero attached hydrogens (tertiary/aromatic N) is 3. The molecule has 1 aliphatic rings. The standard InChI is InChI=1S/C26H29N3O2/c1-20(30)29-17-15-24(16-18-29)23-10-7-21(8-11-23)9-12-25-13-14-26(28-27-25)31-19-22-5-3-2-4-6-22/h2-8,10-11,13-14,24H,9,12,15-19H2,1H3. The van der Waals surface area contributed by atoms with Crippen LogP contribution in [-0.2, 0) is 24.2 Å². The molecule has 0 atom stereocenters. The summed E-state index contributed by atoms with van der Waals surface area (Å²) in [5.41, 5.74) is 4.76. The Bertz CT molecular complexity index is 964. The fourth-order valence-corrected chi connectivity index (χ4v) is 4.05. The highest BCUT2D eigenvalue weighted by atomic mass is 16.5. The number of likely N-dealkylation sites (tertiary alicyclic amines) is 1. The van der Waals surface area contributed by atoms with Crippen molar-refractivity contribution in [1.29, 1.82) is 0 Å². The van der Waals surface area contributed by atoms with Crippen molar-refractivity contribution < 1.29 is 9.53 Å². The van der Waals surface area contributed by atoms with Crippen LogP contribution < -0.4 is 4.74 Å². The minimum Gasteiger partial charge on any atom is -0.472 e. The molecule has 4 rings (SSSR count). The molecule has 5 heteroatoms. The van der Waals surface area contributed by atoms with E-state index in [2.05, 4.69) is 34.5 Å². The average molecular weight is 416 g/mol. The van der Waals surface area contributed by atoms with Crippen LogP contribution in [0.5, 0.6) is 5.88 Å². The van der Waals surface area contributed by atoms with Gasteiger partial charge in [0.15, 0.2) is 0 Å². The molecule has 5 nitrogen and oxygen atoms in total. The topological polar surface area (TPSA) is 55.3 Å². The average Bonchev–Trinajstić information content (AvgIpc) is 2.83. The van der Waals surface area contributed by atoms with Crippen LogP contribution in [0.1, 0.15) is 48.1 Å². The summed E-state index contributed by atoms with van der Waals surface area (Å²) in [7, 11) is 0. The summed E-state index contributed by atoms with van der Waals surface area (Å²) in [5, 5.41) is 8.51. The maximum absolute atomic E-state index is 11.5. The van der Waals surface area contributed by atoms with Crippen LogP contribution >= 0.6 is 0 Å². The van der Waals surface area contributed by atoms with Crippen molar-refractivity contribution in [2.45, 2.75) is 45.1 Å². The molecule has 1 aliphatic heterocycles. The summed E-state index contributed by atoms with van der Waals surface area (Å²) in [4.78, 5) is 13.4. The first-order valence-electron chi connectivity index (χ1n) is 11.0. The highest BCUT2D eigenvalue weighted by Crippen LogP contribution is 2.28. The first kappa shape index (κ1) is 21.0. The summed E-state index contributed by atoms with van der Waals surface area (Å²) in [6.45, 7) is 3.89. The number of aryl methyl sites for hydroxylation is 2. The first-order chi connectivity index (χ1) is 15.2. The maximum Gasteiger partial charge on any atom is 0.233 e. The molecular weight excluding hydrogens is 386 g/mol. The molecule has 3 aromatic rings. The zero-order valence-corrected chi connectivity index (χ0v) is 18.0. The van der Waals surface area contributed by atoms with Gasteiger partial charge in [-0.25, -0.2) is 0 Å². The van der Waals surface area contributed by atoms with Crippen LogP contribution in [-0.4, -0.2) is 34.1 Å². The Hall–Kier alpha value is -3.21. The normalized spacial score (nSPS) is 14.4. The lowest BCUT2D eigenvalue weighted by Gasteiger charge is -2.31. The number of amides is 1. The van der Waals surface area contributed by atoms with E-state index in [0.29, 0.717) is 18.4 Å². The highest BCUT2D eigenvalue weighted by molar-refractivity contribution is 5.73. The van der Waals surface area contributed by atoms with Crippen molar-refractivity contribution in [1.82, 2.24) is 15.1 Å². The van der Waals surface area contributed by atoms with Crippen molar-refractivity contribution in [2.75, 3.05) is 13.1 Å². The van der Waals surface area contributed by atoms with Crippen molar-refractivity contribution in [3.8, 4) is 5.88 Å². The minimum absolute atomic E-state index is 0.188. The van der Waals surface area contributed by atoms with Gasteiger partial charge >= 0.3 is 0 Å². The summed E-state index contributed by atoms with van der Waals surface area (Å²) >= 11 is 0. The number of benzene rings is 2. The maximum atomic E-state index is 11.5. The smallest absolute Gasteiger partial charge is 0.233 e. The van der Waals surface area contributed by atoms with Crippen LogP contribution in [0.2, 0.25) is 0 Å². The van der Waals surface area contributed by atoms with Gasteiger partial charge in [-0.3, -0.25) is 4.79 Å². The molecule has 2 heterocycles. The van der Waals surface area contributed by atoms with E-state index in [1.807, 2.05) is 47.4 Å². The van der Waals surface area contributed by atoms with Crippen molar-refractivity contribution in [3.63, 3.8) is 0 Å². The summed E-state index contributed by atoms with van der Waals surface area (Å²) in [6.07, 6.45) is 3.88. The summed E-state index contributed by atoms with van der Waals surface area (Å²) in [5.74, 6) is 1.29. The zero-order valence-electron chi connectivity index (χ0n) is 18.0. The van der Waals surface area contributed by atoms with Crippen molar-refractivity contribution in [3.05, 3.63) is 89.1 Å². The molecule has 1 amide bonds. The number of aromatic nitrogens is 2. The lowest BCUT2D eigenvalue weighted by molar-refractivity contribution is -0.129. The van der Waals surface area contributed by atoms with Crippen molar-refractivity contribution in [2.24, 2.45) is 0 Å². The van der Waals surface area contributed by atoms with Gasteiger partial charge in [0.05, 0.1) is 5.69 Å². The van der Waals surface area contributed by atoms with E-state index in [1.165, 1.54) is 11.1 Å². The third kappa shape index (κ3) is 5.91. The van der Waals surface area contributed by atoms with E-state index in [0.717, 1.165) is 50.0 Å². The molecule has 0 aliphatic carbocycles. The molecule has 1 aromatic heterocycles. The predicted molar refractivity (Wildman–Crippen MR) is 121 cm³/mol. The lowest BCUT2D eigenvalue weighted by Crippen LogP contribution is -2.36. The zero-order chi connectivity index (χ0) is 21.5. The molecule has 0 unspecified atom stereocenters. The Kier molecular flexibility index (Phi) is 6.92. The third-order valence-corrected chi connectivity index (χ3v) is 5.99. The lowest BCUT2D eigenvalue weighted by atomic mass is 9.88. The second-order valence-electron chi connectivity index (χ2n) is 8.16. The predicted octanol–water partition coefficient (Wildman–Crippen LogP) is 4.57. The number of ether oxygens (including phenoxy) is 1. The Balaban J connectivity index is 1.24. The fraction of sp³-hybridized carbons (Fsp3) is 0.346. The van der Waals surface area contributed by atoms with Gasteiger partial charge in [0.25, 0.3) is 0 Å². The monoisotopic (exact) mass is 415 g/mol. The Morgan fingerprint density at radius 2 is 1.65 bits per heavy atom. The third-order valence-electron chi connectivity index (χ3n) is 5.99. The number of carbonyl (C=O) groups is 1. The highest BCUT2D eigenvalue weighted by Gasteiger charge is 2.21. The Morgan fingerprint density at radius 3 is 2.29 bits per heavy atom. The number of piperidine rings is 1. The summed E-state index contributed by atoms with van der Waals surface area (Å²) in [6, 6.07) is 22.9.